The SMILES string of the molecule is CCCCCCC1(C)NC(=O)N(CC(=O)Nc2ccc(Cl)cc2)C1=O. The number of rotatable bonds is 8. The molecule has 0 aliphatic carbocycles. The number of carbonyl (C=O) groups is 3. The van der Waals surface area contributed by atoms with E-state index in [1.165, 1.54) is 0 Å². The van der Waals surface area contributed by atoms with Crippen LogP contribution in [0.15, 0.2) is 24.3 Å². The molecule has 0 bridgehead atoms. The number of nitrogens with one attached hydrogen (secondary N) is 2. The predicted molar refractivity (Wildman–Crippen MR) is 97.5 cm³/mol. The number of nitrogens with zero attached hydrogens (tertiary/aromatic N) is 1. The van der Waals surface area contributed by atoms with Crippen molar-refractivity contribution in [1.82, 2.24) is 10.2 Å². The molecule has 1 heterocycles. The van der Waals surface area contributed by atoms with E-state index in [1.807, 2.05) is 0 Å². The van der Waals surface area contributed by atoms with Gasteiger partial charge in [-0.25, -0.2) is 4.79 Å². The van der Waals surface area contributed by atoms with Crippen LogP contribution in [0.25, 0.3) is 0 Å². The van der Waals surface area contributed by atoms with E-state index in [0.29, 0.717) is 17.1 Å². The van der Waals surface area contributed by atoms with Gasteiger partial charge in [-0.2, -0.15) is 0 Å². The highest BCUT2D eigenvalue weighted by Crippen LogP contribution is 2.24. The molecule has 1 aromatic rings. The van der Waals surface area contributed by atoms with Crippen molar-refractivity contribution in [2.45, 2.75) is 51.5 Å². The van der Waals surface area contributed by atoms with Gasteiger partial charge in [0.15, 0.2) is 0 Å². The van der Waals surface area contributed by atoms with E-state index in [4.69, 9.17) is 11.6 Å². The quantitative estimate of drug-likeness (QED) is 0.546. The second-order valence-corrected chi connectivity index (χ2v) is 6.96. The van der Waals surface area contributed by atoms with E-state index in [0.717, 1.165) is 30.6 Å². The molecule has 1 aliphatic rings. The van der Waals surface area contributed by atoms with E-state index in [1.54, 1.807) is 31.2 Å². The summed E-state index contributed by atoms with van der Waals surface area (Å²) in [7, 11) is 0. The zero-order valence-electron chi connectivity index (χ0n) is 14.6. The van der Waals surface area contributed by atoms with Crippen LogP contribution in [-0.2, 0) is 9.59 Å². The molecule has 6 nitrogen and oxygen atoms in total. The first-order valence-electron chi connectivity index (χ1n) is 8.55. The molecule has 1 unspecified atom stereocenters. The Balaban J connectivity index is 1.92. The Hall–Kier alpha value is -2.08. The summed E-state index contributed by atoms with van der Waals surface area (Å²) in [5, 5.41) is 5.94. The summed E-state index contributed by atoms with van der Waals surface area (Å²) < 4.78 is 0. The van der Waals surface area contributed by atoms with Gasteiger partial charge in [0.25, 0.3) is 5.91 Å². The number of imide groups is 1. The van der Waals surface area contributed by atoms with Crippen LogP contribution in [0, 0.1) is 0 Å². The molecule has 7 heteroatoms. The fourth-order valence-corrected chi connectivity index (χ4v) is 2.97. The van der Waals surface area contributed by atoms with Crippen molar-refractivity contribution in [3.63, 3.8) is 0 Å². The van der Waals surface area contributed by atoms with Crippen molar-refractivity contribution in [1.29, 1.82) is 0 Å². The molecule has 0 spiro atoms. The lowest BCUT2D eigenvalue weighted by atomic mass is 9.94. The summed E-state index contributed by atoms with van der Waals surface area (Å²) in [5.41, 5.74) is -0.366. The van der Waals surface area contributed by atoms with E-state index >= 15 is 0 Å². The van der Waals surface area contributed by atoms with Gasteiger partial charge in [-0.05, 0) is 37.6 Å². The smallest absolute Gasteiger partial charge is 0.325 e. The molecular weight excluding hydrogens is 342 g/mol. The van der Waals surface area contributed by atoms with Gasteiger partial charge in [-0.15, -0.1) is 0 Å². The molecule has 1 atom stereocenters. The lowest BCUT2D eigenvalue weighted by Gasteiger charge is -2.21. The van der Waals surface area contributed by atoms with Gasteiger partial charge in [0, 0.05) is 10.7 Å². The van der Waals surface area contributed by atoms with Gasteiger partial charge in [0.05, 0.1) is 0 Å². The molecule has 2 N–H and O–H groups in total. The predicted octanol–water partition coefficient (Wildman–Crippen LogP) is 3.56. The van der Waals surface area contributed by atoms with Crippen molar-refractivity contribution in [3.8, 4) is 0 Å². The second kappa shape index (κ2) is 8.34. The average Bonchev–Trinajstić information content (AvgIpc) is 2.77. The molecule has 0 saturated carbocycles. The fourth-order valence-electron chi connectivity index (χ4n) is 2.84. The summed E-state index contributed by atoms with van der Waals surface area (Å²) in [4.78, 5) is 37.8. The molecule has 2 rings (SSSR count). The van der Waals surface area contributed by atoms with Gasteiger partial charge < -0.3 is 10.6 Å². The molecule has 25 heavy (non-hydrogen) atoms. The highest BCUT2D eigenvalue weighted by atomic mass is 35.5. The van der Waals surface area contributed by atoms with Crippen molar-refractivity contribution < 1.29 is 14.4 Å². The van der Waals surface area contributed by atoms with Crippen molar-refractivity contribution in [2.24, 2.45) is 0 Å². The number of unbranched alkanes of at least 4 members (excludes halogenated alkanes) is 3. The maximum absolute atomic E-state index is 12.6. The van der Waals surface area contributed by atoms with Crippen LogP contribution in [0.3, 0.4) is 0 Å². The van der Waals surface area contributed by atoms with Crippen LogP contribution in [0.4, 0.5) is 10.5 Å². The Morgan fingerprint density at radius 1 is 1.20 bits per heavy atom. The fraction of sp³-hybridized carbons (Fsp3) is 0.500. The van der Waals surface area contributed by atoms with Gasteiger partial charge in [-0.3, -0.25) is 14.5 Å². The zero-order chi connectivity index (χ0) is 18.4. The molecule has 4 amide bonds. The van der Waals surface area contributed by atoms with Crippen molar-refractivity contribution in [2.75, 3.05) is 11.9 Å². The third-order valence-corrected chi connectivity index (χ3v) is 4.56. The Labute approximate surface area is 152 Å². The number of hydrogen-bond donors (Lipinski definition) is 2. The van der Waals surface area contributed by atoms with Crippen LogP contribution in [0.2, 0.25) is 5.02 Å². The lowest BCUT2D eigenvalue weighted by Crippen LogP contribution is -2.44. The third kappa shape index (κ3) is 4.95. The monoisotopic (exact) mass is 365 g/mol. The molecule has 136 valence electrons. The molecule has 1 fully saturated rings. The lowest BCUT2D eigenvalue weighted by molar-refractivity contribution is -0.133. The molecule has 1 aromatic carbocycles. The Morgan fingerprint density at radius 2 is 1.88 bits per heavy atom. The standard InChI is InChI=1S/C18H24ClN3O3/c1-3-4-5-6-11-18(2)16(24)22(17(25)21-18)12-15(23)20-14-9-7-13(19)8-10-14/h7-10H,3-6,11-12H2,1-2H3,(H,20,23)(H,21,25). The molecule has 1 saturated heterocycles. The normalized spacial score (nSPS) is 19.9. The van der Waals surface area contributed by atoms with Crippen LogP contribution >= 0.6 is 11.6 Å². The first-order chi connectivity index (χ1) is 11.9. The first-order valence-corrected chi connectivity index (χ1v) is 8.93. The summed E-state index contributed by atoms with van der Waals surface area (Å²) >= 11 is 5.80. The van der Waals surface area contributed by atoms with E-state index in [-0.39, 0.29) is 12.5 Å². The maximum Gasteiger partial charge on any atom is 0.325 e. The van der Waals surface area contributed by atoms with Crippen LogP contribution < -0.4 is 10.6 Å². The Morgan fingerprint density at radius 3 is 2.52 bits per heavy atom. The third-order valence-electron chi connectivity index (χ3n) is 4.31. The number of halogens is 1. The van der Waals surface area contributed by atoms with Crippen molar-refractivity contribution >= 4 is 35.1 Å². The highest BCUT2D eigenvalue weighted by Gasteiger charge is 2.47. The Bertz CT molecular complexity index is 647. The highest BCUT2D eigenvalue weighted by molar-refractivity contribution is 6.30. The molecule has 0 radical (unpaired) electrons. The number of urea groups is 1. The average molecular weight is 366 g/mol. The maximum atomic E-state index is 12.6. The number of benzene rings is 1. The zero-order valence-corrected chi connectivity index (χ0v) is 15.4. The summed E-state index contributed by atoms with van der Waals surface area (Å²) in [6.07, 6.45) is 4.67. The minimum Gasteiger partial charge on any atom is -0.325 e. The topological polar surface area (TPSA) is 78.5 Å². The number of amides is 4. The largest absolute Gasteiger partial charge is 0.325 e. The number of hydrogen-bond acceptors (Lipinski definition) is 3. The van der Waals surface area contributed by atoms with Crippen molar-refractivity contribution in [3.05, 3.63) is 29.3 Å². The summed E-state index contributed by atoms with van der Waals surface area (Å²) in [5.74, 6) is -0.777. The second-order valence-electron chi connectivity index (χ2n) is 6.52. The van der Waals surface area contributed by atoms with Gasteiger partial charge >= 0.3 is 6.03 Å². The van der Waals surface area contributed by atoms with Gasteiger partial charge in [-0.1, -0.05) is 44.2 Å². The van der Waals surface area contributed by atoms with E-state index < -0.39 is 17.5 Å². The molecule has 0 aromatic heterocycles. The minimum absolute atomic E-state index is 0.308. The van der Waals surface area contributed by atoms with Crippen LogP contribution in [0.1, 0.15) is 46.0 Å². The summed E-state index contributed by atoms with van der Waals surface area (Å²) in [6, 6.07) is 6.10. The van der Waals surface area contributed by atoms with E-state index in [9.17, 15) is 14.4 Å². The number of carbonyl (C=O) groups excluding carboxylic acids is 3. The van der Waals surface area contributed by atoms with Gasteiger partial charge in [0.2, 0.25) is 5.91 Å². The van der Waals surface area contributed by atoms with Crippen LogP contribution in [-0.4, -0.2) is 34.8 Å². The van der Waals surface area contributed by atoms with Crippen LogP contribution in [0.5, 0.6) is 0 Å². The Kier molecular flexibility index (Phi) is 6.42. The number of anilines is 1. The first kappa shape index (κ1) is 19.2. The molecular formula is C18H24ClN3O3. The van der Waals surface area contributed by atoms with Gasteiger partial charge in [0.1, 0.15) is 12.1 Å². The molecule has 1 aliphatic heterocycles. The summed E-state index contributed by atoms with van der Waals surface area (Å²) in [6.45, 7) is 3.53. The van der Waals surface area contributed by atoms with E-state index in [2.05, 4.69) is 17.6 Å². The minimum atomic E-state index is -0.925.